The van der Waals surface area contributed by atoms with Crippen LogP contribution in [0, 0.1) is 5.82 Å². The number of aromatic nitrogens is 3. The van der Waals surface area contributed by atoms with Crippen molar-refractivity contribution in [3.8, 4) is 11.4 Å². The summed E-state index contributed by atoms with van der Waals surface area (Å²) in [5.41, 5.74) is 4.75. The highest BCUT2D eigenvalue weighted by Gasteiger charge is 2.19. The van der Waals surface area contributed by atoms with Crippen molar-refractivity contribution in [2.75, 3.05) is 5.32 Å². The summed E-state index contributed by atoms with van der Waals surface area (Å²) in [6.45, 7) is 0.798. The molecule has 6 heteroatoms. The van der Waals surface area contributed by atoms with Crippen LogP contribution in [0.3, 0.4) is 0 Å². The summed E-state index contributed by atoms with van der Waals surface area (Å²) in [5.74, 6) is 0.995. The van der Waals surface area contributed by atoms with Gasteiger partial charge in [0.1, 0.15) is 11.6 Å². The lowest BCUT2D eigenvalue weighted by atomic mass is 9.90. The van der Waals surface area contributed by atoms with E-state index in [0.717, 1.165) is 56.5 Å². The van der Waals surface area contributed by atoms with Crippen LogP contribution in [0.1, 0.15) is 54.6 Å². The number of amides is 1. The second-order valence-electron chi connectivity index (χ2n) is 8.63. The summed E-state index contributed by atoms with van der Waals surface area (Å²) in [5, 5.41) is 11.5. The van der Waals surface area contributed by atoms with E-state index >= 15 is 0 Å². The Morgan fingerprint density at radius 2 is 1.77 bits per heavy atom. The summed E-state index contributed by atoms with van der Waals surface area (Å²) in [6, 6.07) is 11.0. The van der Waals surface area contributed by atoms with Crippen LogP contribution in [0.25, 0.3) is 11.4 Å². The predicted molar refractivity (Wildman–Crippen MR) is 118 cm³/mol. The van der Waals surface area contributed by atoms with Crippen molar-refractivity contribution in [2.24, 2.45) is 0 Å². The first-order chi connectivity index (χ1) is 15.2. The molecule has 1 N–H and O–H groups in total. The molecule has 0 saturated carbocycles. The largest absolute Gasteiger partial charge is 0.326 e. The van der Waals surface area contributed by atoms with Crippen molar-refractivity contribution in [3.63, 3.8) is 0 Å². The number of rotatable bonds is 4. The van der Waals surface area contributed by atoms with Crippen molar-refractivity contribution in [1.29, 1.82) is 0 Å². The van der Waals surface area contributed by atoms with Crippen LogP contribution in [0.5, 0.6) is 0 Å². The number of hydrogen-bond donors (Lipinski definition) is 1. The van der Waals surface area contributed by atoms with Gasteiger partial charge in [-0.15, -0.1) is 10.2 Å². The second kappa shape index (κ2) is 8.61. The monoisotopic (exact) mass is 418 g/mol. The van der Waals surface area contributed by atoms with Crippen molar-refractivity contribution >= 4 is 11.6 Å². The van der Waals surface area contributed by atoms with E-state index in [9.17, 15) is 9.18 Å². The Balaban J connectivity index is 1.34. The molecule has 1 aromatic heterocycles. The Morgan fingerprint density at radius 1 is 0.935 bits per heavy atom. The first-order valence-electron chi connectivity index (χ1n) is 11.3. The maximum atomic E-state index is 14.7. The SMILES string of the molecule is O=C(Cc1ccc2c(c1)CCCC2)Nc1ccc(F)c(-c2nnc3n2CCCCC3)c1. The molecule has 31 heavy (non-hydrogen) atoms. The number of nitrogens with zero attached hydrogens (tertiary/aromatic N) is 3. The lowest BCUT2D eigenvalue weighted by Crippen LogP contribution is -2.15. The number of aryl methyl sites for hydroxylation is 3. The molecule has 0 atom stereocenters. The van der Waals surface area contributed by atoms with E-state index in [4.69, 9.17) is 0 Å². The predicted octanol–water partition coefficient (Wildman–Crippen LogP) is 4.87. The normalized spacial score (nSPS) is 15.6. The van der Waals surface area contributed by atoms with Crippen molar-refractivity contribution in [3.05, 3.63) is 64.7 Å². The molecule has 160 valence electrons. The van der Waals surface area contributed by atoms with Gasteiger partial charge in [-0.2, -0.15) is 0 Å². The van der Waals surface area contributed by atoms with E-state index in [1.807, 2.05) is 10.6 Å². The zero-order valence-corrected chi connectivity index (χ0v) is 17.7. The van der Waals surface area contributed by atoms with E-state index in [-0.39, 0.29) is 11.7 Å². The first-order valence-corrected chi connectivity index (χ1v) is 11.3. The van der Waals surface area contributed by atoms with Crippen LogP contribution in [-0.4, -0.2) is 20.7 Å². The number of nitrogens with one attached hydrogen (secondary N) is 1. The third-order valence-corrected chi connectivity index (χ3v) is 6.38. The van der Waals surface area contributed by atoms with Crippen LogP contribution in [0.2, 0.25) is 0 Å². The maximum Gasteiger partial charge on any atom is 0.228 e. The molecule has 1 aliphatic carbocycles. The lowest BCUT2D eigenvalue weighted by molar-refractivity contribution is -0.115. The number of anilines is 1. The van der Waals surface area contributed by atoms with Gasteiger partial charge in [0, 0.05) is 18.7 Å². The third kappa shape index (κ3) is 4.24. The Labute approximate surface area is 181 Å². The van der Waals surface area contributed by atoms with Gasteiger partial charge in [0.15, 0.2) is 5.82 Å². The first kappa shape index (κ1) is 19.9. The average molecular weight is 419 g/mol. The molecule has 0 spiro atoms. The topological polar surface area (TPSA) is 59.8 Å². The van der Waals surface area contributed by atoms with Gasteiger partial charge in [0.2, 0.25) is 5.91 Å². The Morgan fingerprint density at radius 3 is 2.68 bits per heavy atom. The highest BCUT2D eigenvalue weighted by molar-refractivity contribution is 5.92. The summed E-state index contributed by atoms with van der Waals surface area (Å²) in [7, 11) is 0. The van der Waals surface area contributed by atoms with E-state index in [2.05, 4.69) is 27.6 Å². The maximum absolute atomic E-state index is 14.7. The Bertz CT molecular complexity index is 1120. The highest BCUT2D eigenvalue weighted by Crippen LogP contribution is 2.28. The van der Waals surface area contributed by atoms with Gasteiger partial charge in [0.05, 0.1) is 12.0 Å². The van der Waals surface area contributed by atoms with E-state index in [1.165, 1.54) is 30.0 Å². The Kier molecular flexibility index (Phi) is 5.53. The minimum atomic E-state index is -0.355. The number of hydrogen-bond acceptors (Lipinski definition) is 3. The molecule has 0 radical (unpaired) electrons. The quantitative estimate of drug-likeness (QED) is 0.658. The van der Waals surface area contributed by atoms with Crippen LogP contribution in [0.15, 0.2) is 36.4 Å². The van der Waals surface area contributed by atoms with Crippen molar-refractivity contribution in [1.82, 2.24) is 14.8 Å². The zero-order valence-electron chi connectivity index (χ0n) is 17.7. The van der Waals surface area contributed by atoms with Crippen LogP contribution < -0.4 is 5.32 Å². The summed E-state index contributed by atoms with van der Waals surface area (Å²) in [6.07, 6.45) is 9.12. The third-order valence-electron chi connectivity index (χ3n) is 6.38. The van der Waals surface area contributed by atoms with Gasteiger partial charge in [0.25, 0.3) is 0 Å². The molecule has 3 aromatic rings. The molecule has 0 bridgehead atoms. The molecule has 2 heterocycles. The fraction of sp³-hybridized carbons (Fsp3) is 0.400. The molecule has 5 rings (SSSR count). The highest BCUT2D eigenvalue weighted by atomic mass is 19.1. The van der Waals surface area contributed by atoms with Gasteiger partial charge >= 0.3 is 0 Å². The fourth-order valence-electron chi connectivity index (χ4n) is 4.75. The van der Waals surface area contributed by atoms with Gasteiger partial charge in [-0.1, -0.05) is 24.6 Å². The molecule has 5 nitrogen and oxygen atoms in total. The van der Waals surface area contributed by atoms with Gasteiger partial charge in [-0.3, -0.25) is 4.79 Å². The molecule has 0 unspecified atom stereocenters. The standard InChI is InChI=1S/C25H27FN4O/c26-22-12-11-20(16-21(22)25-29-28-23-8-2-1-5-13-30(23)25)27-24(31)15-17-9-10-18-6-3-4-7-19(18)14-17/h9-12,14,16H,1-8,13,15H2,(H,27,31). The van der Waals surface area contributed by atoms with Crippen LogP contribution in [-0.2, 0) is 37.0 Å². The Hall–Kier alpha value is -3.02. The molecule has 2 aromatic carbocycles. The lowest BCUT2D eigenvalue weighted by Gasteiger charge is -2.16. The van der Waals surface area contributed by atoms with E-state index in [0.29, 0.717) is 23.5 Å². The van der Waals surface area contributed by atoms with Gasteiger partial charge < -0.3 is 9.88 Å². The number of halogens is 1. The number of carbonyl (C=O) groups excluding carboxylic acids is 1. The molecule has 2 aliphatic rings. The molecule has 1 amide bonds. The number of fused-ring (bicyclic) bond motifs is 2. The number of carbonyl (C=O) groups is 1. The minimum Gasteiger partial charge on any atom is -0.326 e. The molecule has 0 fully saturated rings. The molecule has 1 aliphatic heterocycles. The average Bonchev–Trinajstić information content (AvgIpc) is 3.02. The van der Waals surface area contributed by atoms with Gasteiger partial charge in [-0.25, -0.2) is 4.39 Å². The van der Waals surface area contributed by atoms with Crippen molar-refractivity contribution in [2.45, 2.75) is 64.3 Å². The molecule has 0 saturated heterocycles. The molecular formula is C25H27FN4O. The van der Waals surface area contributed by atoms with E-state index < -0.39 is 0 Å². The summed E-state index contributed by atoms with van der Waals surface area (Å²) < 4.78 is 16.7. The smallest absolute Gasteiger partial charge is 0.228 e. The zero-order chi connectivity index (χ0) is 21.2. The molecular weight excluding hydrogens is 391 g/mol. The van der Waals surface area contributed by atoms with E-state index in [1.54, 1.807) is 12.1 Å². The van der Waals surface area contributed by atoms with Gasteiger partial charge in [-0.05, 0) is 73.4 Å². The van der Waals surface area contributed by atoms with Crippen molar-refractivity contribution < 1.29 is 9.18 Å². The second-order valence-corrected chi connectivity index (χ2v) is 8.63. The van der Waals surface area contributed by atoms with Crippen LogP contribution in [0.4, 0.5) is 10.1 Å². The van der Waals surface area contributed by atoms with Crippen LogP contribution >= 0.6 is 0 Å². The fourth-order valence-corrected chi connectivity index (χ4v) is 4.75. The summed E-state index contributed by atoms with van der Waals surface area (Å²) >= 11 is 0. The minimum absolute atomic E-state index is 0.103. The summed E-state index contributed by atoms with van der Waals surface area (Å²) in [4.78, 5) is 12.7. The number of benzene rings is 2.